The van der Waals surface area contributed by atoms with Crippen molar-refractivity contribution in [1.29, 1.82) is 0 Å². The van der Waals surface area contributed by atoms with Gasteiger partial charge in [-0.2, -0.15) is 5.10 Å². The van der Waals surface area contributed by atoms with Gasteiger partial charge in [-0.1, -0.05) is 22.8 Å². The number of hydrogen-bond donors (Lipinski definition) is 0. The Labute approximate surface area is 148 Å². The van der Waals surface area contributed by atoms with Crippen molar-refractivity contribution in [1.82, 2.24) is 9.78 Å². The maximum Gasteiger partial charge on any atom is 0.278 e. The van der Waals surface area contributed by atoms with Gasteiger partial charge in [0.15, 0.2) is 0 Å². The van der Waals surface area contributed by atoms with E-state index in [2.05, 4.69) is 10.3 Å². The lowest BCUT2D eigenvalue weighted by atomic mass is 9.94. The molecular weight excluding hydrogens is 344 g/mol. The number of carbonyl (C=O) groups excluding carboxylic acids is 2. The summed E-state index contributed by atoms with van der Waals surface area (Å²) in [6.07, 6.45) is 0.825. The maximum atomic E-state index is 13.0. The van der Waals surface area contributed by atoms with E-state index in [4.69, 9.17) is 16.4 Å². The van der Waals surface area contributed by atoms with Gasteiger partial charge in [-0.05, 0) is 31.5 Å². The van der Waals surface area contributed by atoms with Crippen molar-refractivity contribution in [3.8, 4) is 0 Å². The number of benzene rings is 1. The normalized spacial score (nSPS) is 22.2. The zero-order valence-electron chi connectivity index (χ0n) is 13.9. The minimum Gasteiger partial charge on any atom is -0.381 e. The van der Waals surface area contributed by atoms with Crippen LogP contribution in [0.1, 0.15) is 16.8 Å². The summed E-state index contributed by atoms with van der Waals surface area (Å²) >= 11 is 6.04. The number of aryl methyl sites for hydroxylation is 3. The third-order valence-corrected chi connectivity index (χ3v) is 4.75. The molecule has 2 atom stereocenters. The molecule has 0 bridgehead atoms. The fourth-order valence-corrected chi connectivity index (χ4v) is 3.48. The number of rotatable bonds is 2. The van der Waals surface area contributed by atoms with E-state index in [9.17, 15) is 9.59 Å². The topological polar surface area (TPSA) is 76.8 Å². The molecule has 7 nitrogen and oxygen atoms in total. The molecule has 2 aromatic rings. The summed E-state index contributed by atoms with van der Waals surface area (Å²) in [6.45, 7) is 3.65. The number of carbonyl (C=O) groups is 2. The Balaban J connectivity index is 1.76. The first kappa shape index (κ1) is 15.8. The molecule has 2 unspecified atom stereocenters. The number of fused-ring (bicyclic) bond motifs is 1. The molecule has 0 spiro atoms. The first-order chi connectivity index (χ1) is 11.9. The zero-order valence-corrected chi connectivity index (χ0v) is 14.6. The molecule has 1 fully saturated rings. The minimum absolute atomic E-state index is 0.361. The molecule has 128 valence electrons. The van der Waals surface area contributed by atoms with E-state index in [0.717, 1.165) is 16.2 Å². The van der Waals surface area contributed by atoms with Crippen LogP contribution in [0.5, 0.6) is 0 Å². The van der Waals surface area contributed by atoms with E-state index >= 15 is 0 Å². The standard InChI is InChI=1S/C17H15ClN4O3/c1-8-4-5-10(18)6-12(8)22-16(23)13-14(20-25-15(13)17(22)24)11-7-21(3)19-9(11)2/h4-7,13,15H,1-3H3. The van der Waals surface area contributed by atoms with E-state index in [1.54, 1.807) is 36.1 Å². The zero-order chi connectivity index (χ0) is 17.9. The van der Waals surface area contributed by atoms with Crippen LogP contribution < -0.4 is 4.90 Å². The lowest BCUT2D eigenvalue weighted by molar-refractivity contribution is -0.126. The van der Waals surface area contributed by atoms with Gasteiger partial charge in [-0.3, -0.25) is 14.3 Å². The van der Waals surface area contributed by atoms with Crippen LogP contribution in [-0.4, -0.2) is 33.4 Å². The lowest BCUT2D eigenvalue weighted by Gasteiger charge is -2.18. The highest BCUT2D eigenvalue weighted by atomic mass is 35.5. The molecule has 0 radical (unpaired) electrons. The third kappa shape index (κ3) is 2.26. The fraction of sp³-hybridized carbons (Fsp3) is 0.294. The SMILES string of the molecule is Cc1ccc(Cl)cc1N1C(=O)C2ON=C(c3cn(C)nc3C)C2C1=O. The Bertz CT molecular complexity index is 949. The summed E-state index contributed by atoms with van der Waals surface area (Å²) in [5.41, 5.74) is 3.13. The molecule has 4 rings (SSSR count). The van der Waals surface area contributed by atoms with E-state index < -0.39 is 17.9 Å². The molecule has 0 aliphatic carbocycles. The van der Waals surface area contributed by atoms with Crippen molar-refractivity contribution in [2.75, 3.05) is 4.90 Å². The molecule has 8 heteroatoms. The lowest BCUT2D eigenvalue weighted by Crippen LogP contribution is -2.33. The first-order valence-electron chi connectivity index (χ1n) is 7.77. The van der Waals surface area contributed by atoms with Crippen molar-refractivity contribution < 1.29 is 14.4 Å². The van der Waals surface area contributed by atoms with Gasteiger partial charge in [-0.25, -0.2) is 4.90 Å². The largest absolute Gasteiger partial charge is 0.381 e. The molecular formula is C17H15ClN4O3. The average molecular weight is 359 g/mol. The van der Waals surface area contributed by atoms with Gasteiger partial charge in [0, 0.05) is 23.8 Å². The van der Waals surface area contributed by atoms with Crippen LogP contribution in [0.3, 0.4) is 0 Å². The fourth-order valence-electron chi connectivity index (χ4n) is 3.31. The molecule has 1 aromatic heterocycles. The summed E-state index contributed by atoms with van der Waals surface area (Å²) < 4.78 is 1.64. The van der Waals surface area contributed by atoms with Gasteiger partial charge < -0.3 is 4.84 Å². The van der Waals surface area contributed by atoms with Gasteiger partial charge >= 0.3 is 0 Å². The summed E-state index contributed by atoms with van der Waals surface area (Å²) in [7, 11) is 1.79. The number of aromatic nitrogens is 2. The van der Waals surface area contributed by atoms with E-state index in [1.165, 1.54) is 0 Å². The van der Waals surface area contributed by atoms with E-state index in [-0.39, 0.29) is 5.91 Å². The Morgan fingerprint density at radius 1 is 1.20 bits per heavy atom. The van der Waals surface area contributed by atoms with Gasteiger partial charge in [-0.15, -0.1) is 0 Å². The van der Waals surface area contributed by atoms with Crippen molar-refractivity contribution in [2.24, 2.45) is 18.1 Å². The molecule has 2 aliphatic rings. The third-order valence-electron chi connectivity index (χ3n) is 4.51. The predicted molar refractivity (Wildman–Crippen MR) is 91.5 cm³/mol. The smallest absolute Gasteiger partial charge is 0.278 e. The second-order valence-electron chi connectivity index (χ2n) is 6.22. The predicted octanol–water partition coefficient (Wildman–Crippen LogP) is 1.98. The maximum absolute atomic E-state index is 13.0. The molecule has 3 heterocycles. The number of oxime groups is 1. The second-order valence-corrected chi connectivity index (χ2v) is 6.66. The van der Waals surface area contributed by atoms with Crippen molar-refractivity contribution in [3.63, 3.8) is 0 Å². The Morgan fingerprint density at radius 2 is 1.96 bits per heavy atom. The number of amides is 2. The number of nitrogens with zero attached hydrogens (tertiary/aromatic N) is 4. The molecule has 1 aromatic carbocycles. The van der Waals surface area contributed by atoms with Crippen LogP contribution in [0.25, 0.3) is 0 Å². The van der Waals surface area contributed by atoms with Crippen LogP contribution in [-0.2, 0) is 21.5 Å². The summed E-state index contributed by atoms with van der Waals surface area (Å²) in [4.78, 5) is 32.3. The second kappa shape index (κ2) is 5.42. The quantitative estimate of drug-likeness (QED) is 0.769. The Morgan fingerprint density at radius 3 is 2.64 bits per heavy atom. The Hall–Kier alpha value is -2.67. The molecule has 2 amide bonds. The van der Waals surface area contributed by atoms with Crippen LogP contribution in [0.15, 0.2) is 29.6 Å². The van der Waals surface area contributed by atoms with Gasteiger partial charge in [0.05, 0.1) is 11.4 Å². The van der Waals surface area contributed by atoms with Crippen molar-refractivity contribution in [3.05, 3.63) is 46.2 Å². The number of halogens is 1. The van der Waals surface area contributed by atoms with Gasteiger partial charge in [0.1, 0.15) is 11.6 Å². The number of anilines is 1. The van der Waals surface area contributed by atoms with Crippen LogP contribution in [0, 0.1) is 19.8 Å². The molecule has 0 saturated carbocycles. The summed E-state index contributed by atoms with van der Waals surface area (Å²) in [6, 6.07) is 5.10. The number of imide groups is 1. The number of hydrogen-bond acceptors (Lipinski definition) is 5. The summed E-state index contributed by atoms with van der Waals surface area (Å²) in [5.74, 6) is -1.56. The van der Waals surface area contributed by atoms with Crippen molar-refractivity contribution in [2.45, 2.75) is 20.0 Å². The van der Waals surface area contributed by atoms with Gasteiger partial charge in [0.25, 0.3) is 5.91 Å². The summed E-state index contributed by atoms with van der Waals surface area (Å²) in [5, 5.41) is 8.73. The highest BCUT2D eigenvalue weighted by Crippen LogP contribution is 2.37. The minimum atomic E-state index is -0.944. The van der Waals surface area contributed by atoms with Crippen molar-refractivity contribution >= 4 is 34.8 Å². The molecule has 2 aliphatic heterocycles. The molecule has 0 N–H and O–H groups in total. The first-order valence-corrected chi connectivity index (χ1v) is 8.14. The highest BCUT2D eigenvalue weighted by molar-refractivity contribution is 6.34. The van der Waals surface area contributed by atoms with E-state index in [0.29, 0.717) is 22.0 Å². The molecule has 1 saturated heterocycles. The Kier molecular flexibility index (Phi) is 3.43. The van der Waals surface area contributed by atoms with Gasteiger partial charge in [0.2, 0.25) is 12.0 Å². The monoisotopic (exact) mass is 358 g/mol. The van der Waals surface area contributed by atoms with E-state index in [1.807, 2.05) is 13.8 Å². The average Bonchev–Trinajstić information content (AvgIpc) is 3.19. The van der Waals surface area contributed by atoms with Crippen LogP contribution >= 0.6 is 11.6 Å². The van der Waals surface area contributed by atoms with Crippen LogP contribution in [0.2, 0.25) is 5.02 Å². The molecule has 25 heavy (non-hydrogen) atoms. The highest BCUT2D eigenvalue weighted by Gasteiger charge is 2.56. The van der Waals surface area contributed by atoms with Crippen LogP contribution in [0.4, 0.5) is 5.69 Å².